The topological polar surface area (TPSA) is 26.3 Å². The van der Waals surface area contributed by atoms with E-state index in [1.165, 1.54) is 12.1 Å². The fraction of sp³-hybridized carbons (Fsp3) is 0. The summed E-state index contributed by atoms with van der Waals surface area (Å²) in [6, 6.07) is 15.6. The molecule has 6 heteroatoms. The van der Waals surface area contributed by atoms with Crippen molar-refractivity contribution in [1.82, 2.24) is 0 Å². The van der Waals surface area contributed by atoms with Crippen molar-refractivity contribution in [2.75, 3.05) is 0 Å². The van der Waals surface area contributed by atoms with Crippen molar-refractivity contribution in [2.24, 2.45) is 0 Å². The maximum absolute atomic E-state index is 13.8. The van der Waals surface area contributed by atoms with E-state index in [4.69, 9.17) is 27.9 Å². The van der Waals surface area contributed by atoms with Gasteiger partial charge in [0.1, 0.15) is 5.75 Å². The summed E-state index contributed by atoms with van der Waals surface area (Å²) in [6.45, 7) is 0. The third kappa shape index (κ3) is 4.40. The molecule has 0 unspecified atom stereocenters. The minimum atomic E-state index is -0.483. The summed E-state index contributed by atoms with van der Waals surface area (Å²) in [5.41, 5.74) is 0.840. The third-order valence-electron chi connectivity index (χ3n) is 3.36. The van der Waals surface area contributed by atoms with Crippen LogP contribution in [-0.2, 0) is 0 Å². The first-order valence-corrected chi connectivity index (χ1v) is 8.71. The monoisotopic (exact) mass is 438 g/mol. The molecule has 0 aliphatic rings. The van der Waals surface area contributed by atoms with Crippen LogP contribution >= 0.6 is 39.1 Å². The van der Waals surface area contributed by atoms with Gasteiger partial charge in [-0.3, -0.25) is 4.79 Å². The van der Waals surface area contributed by atoms with Gasteiger partial charge in [-0.2, -0.15) is 0 Å². The first-order chi connectivity index (χ1) is 11.9. The second kappa shape index (κ2) is 7.56. The van der Waals surface area contributed by atoms with Crippen LogP contribution in [0.5, 0.6) is 11.5 Å². The van der Waals surface area contributed by atoms with Gasteiger partial charge < -0.3 is 4.74 Å². The molecule has 25 heavy (non-hydrogen) atoms. The van der Waals surface area contributed by atoms with Crippen molar-refractivity contribution in [1.29, 1.82) is 0 Å². The molecule has 0 atom stereocenters. The van der Waals surface area contributed by atoms with Crippen LogP contribution in [0.4, 0.5) is 4.39 Å². The molecule has 3 aromatic carbocycles. The van der Waals surface area contributed by atoms with E-state index in [1.807, 2.05) is 0 Å². The standard InChI is InChI=1S/C19H10BrCl2FO2/c20-13-3-6-18(17(23)9-13)25-16-4-1-11(2-5-16)19(24)12-7-14(21)10-15(22)8-12/h1-10H. The Hall–Kier alpha value is -1.88. The van der Waals surface area contributed by atoms with E-state index in [0.29, 0.717) is 31.4 Å². The molecule has 3 aromatic rings. The van der Waals surface area contributed by atoms with Gasteiger partial charge >= 0.3 is 0 Å². The first-order valence-electron chi connectivity index (χ1n) is 7.16. The summed E-state index contributed by atoms with van der Waals surface area (Å²) >= 11 is 15.0. The highest BCUT2D eigenvalue weighted by molar-refractivity contribution is 9.10. The van der Waals surface area contributed by atoms with Crippen molar-refractivity contribution in [3.05, 3.63) is 92.1 Å². The predicted molar refractivity (Wildman–Crippen MR) is 101 cm³/mol. The van der Waals surface area contributed by atoms with Gasteiger partial charge in [-0.25, -0.2) is 4.39 Å². The lowest BCUT2D eigenvalue weighted by atomic mass is 10.0. The molecule has 0 aromatic heterocycles. The number of hydrogen-bond acceptors (Lipinski definition) is 2. The summed E-state index contributed by atoms with van der Waals surface area (Å²) in [7, 11) is 0. The Labute approximate surface area is 162 Å². The fourth-order valence-electron chi connectivity index (χ4n) is 2.21. The number of rotatable bonds is 4. The zero-order valence-electron chi connectivity index (χ0n) is 12.6. The van der Waals surface area contributed by atoms with Crippen molar-refractivity contribution in [3.8, 4) is 11.5 Å². The van der Waals surface area contributed by atoms with E-state index in [1.54, 1.807) is 48.5 Å². The number of benzene rings is 3. The van der Waals surface area contributed by atoms with Crippen LogP contribution in [0, 0.1) is 5.82 Å². The highest BCUT2D eigenvalue weighted by Gasteiger charge is 2.12. The van der Waals surface area contributed by atoms with Gasteiger partial charge in [-0.15, -0.1) is 0 Å². The molecule has 0 saturated carbocycles. The zero-order chi connectivity index (χ0) is 18.0. The van der Waals surface area contributed by atoms with E-state index < -0.39 is 5.82 Å². The highest BCUT2D eigenvalue weighted by atomic mass is 79.9. The van der Waals surface area contributed by atoms with Gasteiger partial charge in [0.2, 0.25) is 0 Å². The van der Waals surface area contributed by atoms with Crippen LogP contribution in [0.25, 0.3) is 0 Å². The molecule has 2 nitrogen and oxygen atoms in total. The fourth-order valence-corrected chi connectivity index (χ4v) is 3.07. The van der Waals surface area contributed by atoms with E-state index in [9.17, 15) is 9.18 Å². The number of halogens is 4. The van der Waals surface area contributed by atoms with Gasteiger partial charge in [0, 0.05) is 25.6 Å². The maximum Gasteiger partial charge on any atom is 0.193 e. The van der Waals surface area contributed by atoms with Gasteiger partial charge in [-0.1, -0.05) is 39.1 Å². The maximum atomic E-state index is 13.8. The molecule has 0 spiro atoms. The molecule has 0 amide bonds. The Bertz CT molecular complexity index is 922. The molecule has 0 saturated heterocycles. The molecule has 0 fully saturated rings. The summed E-state index contributed by atoms with van der Waals surface area (Å²) in [4.78, 5) is 12.5. The van der Waals surface area contributed by atoms with E-state index in [0.717, 1.165) is 0 Å². The smallest absolute Gasteiger partial charge is 0.193 e. The first kappa shape index (κ1) is 17.9. The second-order valence-corrected chi connectivity index (χ2v) is 6.98. The molecule has 0 bridgehead atoms. The van der Waals surface area contributed by atoms with Crippen LogP contribution in [0.3, 0.4) is 0 Å². The number of ether oxygens (including phenoxy) is 1. The lowest BCUT2D eigenvalue weighted by Crippen LogP contribution is -2.01. The SMILES string of the molecule is O=C(c1ccc(Oc2ccc(Br)cc2F)cc1)c1cc(Cl)cc(Cl)c1. The second-order valence-electron chi connectivity index (χ2n) is 5.19. The van der Waals surface area contributed by atoms with Crippen LogP contribution in [0.1, 0.15) is 15.9 Å². The van der Waals surface area contributed by atoms with Crippen molar-refractivity contribution < 1.29 is 13.9 Å². The van der Waals surface area contributed by atoms with Crippen molar-refractivity contribution in [3.63, 3.8) is 0 Å². The minimum absolute atomic E-state index is 0.101. The van der Waals surface area contributed by atoms with Gasteiger partial charge in [0.05, 0.1) is 0 Å². The zero-order valence-corrected chi connectivity index (χ0v) is 15.7. The molecule has 0 aliphatic carbocycles. The van der Waals surface area contributed by atoms with E-state index in [-0.39, 0.29) is 11.5 Å². The lowest BCUT2D eigenvalue weighted by molar-refractivity contribution is 0.103. The minimum Gasteiger partial charge on any atom is -0.454 e. The summed E-state index contributed by atoms with van der Waals surface area (Å²) in [5.74, 6) is -0.181. The Morgan fingerprint density at radius 2 is 1.52 bits per heavy atom. The van der Waals surface area contributed by atoms with Crippen LogP contribution in [0.2, 0.25) is 10.0 Å². The molecule has 0 N–H and O–H groups in total. The predicted octanol–water partition coefficient (Wildman–Crippen LogP) is 6.92. The molecular formula is C19H10BrCl2FO2. The quantitative estimate of drug-likeness (QED) is 0.412. The van der Waals surface area contributed by atoms with Crippen LogP contribution in [-0.4, -0.2) is 5.78 Å². The number of carbonyl (C=O) groups is 1. The average Bonchev–Trinajstić information content (AvgIpc) is 2.56. The number of ketones is 1. The van der Waals surface area contributed by atoms with Gasteiger partial charge in [0.25, 0.3) is 0 Å². The number of carbonyl (C=O) groups excluding carboxylic acids is 1. The third-order valence-corrected chi connectivity index (χ3v) is 4.29. The molecule has 3 rings (SSSR count). The Morgan fingerprint density at radius 1 is 0.880 bits per heavy atom. The average molecular weight is 440 g/mol. The Kier molecular flexibility index (Phi) is 5.42. The molecule has 0 aliphatic heterocycles. The van der Waals surface area contributed by atoms with Gasteiger partial charge in [-0.05, 0) is 60.7 Å². The van der Waals surface area contributed by atoms with Crippen LogP contribution < -0.4 is 4.74 Å². The van der Waals surface area contributed by atoms with Crippen molar-refractivity contribution >= 4 is 44.9 Å². The van der Waals surface area contributed by atoms with Crippen LogP contribution in [0.15, 0.2) is 65.1 Å². The highest BCUT2D eigenvalue weighted by Crippen LogP contribution is 2.28. The van der Waals surface area contributed by atoms with E-state index in [2.05, 4.69) is 15.9 Å². The molecule has 0 heterocycles. The normalized spacial score (nSPS) is 10.6. The summed E-state index contributed by atoms with van der Waals surface area (Å²) in [5, 5.41) is 0.781. The summed E-state index contributed by atoms with van der Waals surface area (Å²) < 4.78 is 19.9. The largest absolute Gasteiger partial charge is 0.454 e. The Morgan fingerprint density at radius 3 is 2.12 bits per heavy atom. The molecular weight excluding hydrogens is 430 g/mol. The summed E-state index contributed by atoms with van der Waals surface area (Å²) in [6.07, 6.45) is 0. The van der Waals surface area contributed by atoms with Crippen molar-refractivity contribution in [2.45, 2.75) is 0 Å². The lowest BCUT2D eigenvalue weighted by Gasteiger charge is -2.08. The molecule has 0 radical (unpaired) electrons. The number of hydrogen-bond donors (Lipinski definition) is 0. The van der Waals surface area contributed by atoms with E-state index >= 15 is 0 Å². The van der Waals surface area contributed by atoms with Gasteiger partial charge in [0.15, 0.2) is 17.3 Å². The Balaban J connectivity index is 1.81. The molecule has 126 valence electrons.